The van der Waals surface area contributed by atoms with E-state index in [1.165, 1.54) is 20.0 Å². The molecule has 3 heteroatoms. The molecule has 0 heterocycles. The maximum absolute atomic E-state index is 13.6. The highest BCUT2D eigenvalue weighted by Crippen LogP contribution is 2.35. The monoisotopic (exact) mass is 256 g/mol. The van der Waals surface area contributed by atoms with Gasteiger partial charge in [0.2, 0.25) is 0 Å². The zero-order valence-electron chi connectivity index (χ0n) is 10.1. The number of rotatable bonds is 2. The summed E-state index contributed by atoms with van der Waals surface area (Å²) in [6, 6.07) is 5.26. The van der Waals surface area contributed by atoms with Gasteiger partial charge in [-0.25, -0.2) is 4.39 Å². The van der Waals surface area contributed by atoms with Gasteiger partial charge in [-0.3, -0.25) is 0 Å². The van der Waals surface area contributed by atoms with E-state index in [1.807, 2.05) is 6.07 Å². The smallest absolute Gasteiger partial charge is 0.165 e. The highest BCUT2D eigenvalue weighted by atomic mass is 35.5. The minimum Gasteiger partial charge on any atom is -0.494 e. The van der Waals surface area contributed by atoms with Crippen molar-refractivity contribution in [3.63, 3.8) is 0 Å². The second-order valence-electron chi connectivity index (χ2n) is 4.71. The Balaban J connectivity index is 2.17. The summed E-state index contributed by atoms with van der Waals surface area (Å²) in [7, 11) is 1.48. The topological polar surface area (TPSA) is 9.23 Å². The summed E-state index contributed by atoms with van der Waals surface area (Å²) in [5, 5.41) is 0.229. The molecule has 1 nitrogen and oxygen atoms in total. The predicted octanol–water partition coefficient (Wildman–Crippen LogP) is 4.49. The Hall–Kier alpha value is -0.760. The van der Waals surface area contributed by atoms with E-state index in [4.69, 9.17) is 16.3 Å². The van der Waals surface area contributed by atoms with Crippen LogP contribution in [0.1, 0.15) is 43.6 Å². The fourth-order valence-corrected chi connectivity index (χ4v) is 2.91. The first kappa shape index (κ1) is 12.7. The normalized spacial score (nSPS) is 25.4. The molecule has 0 spiro atoms. The third-order valence-corrected chi connectivity index (χ3v) is 3.90. The Morgan fingerprint density at radius 3 is 2.76 bits per heavy atom. The van der Waals surface area contributed by atoms with Crippen molar-refractivity contribution in [2.45, 2.75) is 43.4 Å². The van der Waals surface area contributed by atoms with E-state index < -0.39 is 0 Å². The molecule has 0 aliphatic heterocycles. The minimum atomic E-state index is -0.277. The van der Waals surface area contributed by atoms with E-state index in [1.54, 1.807) is 12.1 Å². The highest BCUT2D eigenvalue weighted by Gasteiger charge is 2.20. The van der Waals surface area contributed by atoms with Crippen LogP contribution in [-0.4, -0.2) is 12.5 Å². The van der Waals surface area contributed by atoms with E-state index in [9.17, 15) is 4.39 Å². The predicted molar refractivity (Wildman–Crippen MR) is 68.4 cm³/mol. The summed E-state index contributed by atoms with van der Waals surface area (Å²) in [5.41, 5.74) is 1.05. The molecule has 0 radical (unpaired) electrons. The zero-order valence-corrected chi connectivity index (χ0v) is 10.8. The Bertz CT molecular complexity index is 380. The Labute approximate surface area is 107 Å². The summed E-state index contributed by atoms with van der Waals surface area (Å²) in [6.07, 6.45) is 5.50. The van der Waals surface area contributed by atoms with Crippen LogP contribution in [0.3, 0.4) is 0 Å². The maximum atomic E-state index is 13.6. The highest BCUT2D eigenvalue weighted by molar-refractivity contribution is 6.20. The van der Waals surface area contributed by atoms with Crippen LogP contribution >= 0.6 is 11.6 Å². The first-order chi connectivity index (χ1) is 8.20. The van der Waals surface area contributed by atoms with Crippen LogP contribution in [-0.2, 0) is 0 Å². The van der Waals surface area contributed by atoms with E-state index in [2.05, 4.69) is 0 Å². The summed E-state index contributed by atoms with van der Waals surface area (Å²) in [4.78, 5) is 0. The molecule has 2 atom stereocenters. The van der Waals surface area contributed by atoms with Crippen molar-refractivity contribution < 1.29 is 9.13 Å². The number of hydrogen-bond donors (Lipinski definition) is 0. The van der Waals surface area contributed by atoms with E-state index in [0.717, 1.165) is 24.8 Å². The van der Waals surface area contributed by atoms with Crippen molar-refractivity contribution in [2.24, 2.45) is 0 Å². The molecule has 0 bridgehead atoms. The number of hydrogen-bond acceptors (Lipinski definition) is 1. The van der Waals surface area contributed by atoms with Gasteiger partial charge in [0.15, 0.2) is 11.6 Å². The number of halogens is 2. The lowest BCUT2D eigenvalue weighted by atomic mass is 9.91. The van der Waals surface area contributed by atoms with Crippen molar-refractivity contribution in [1.29, 1.82) is 0 Å². The molecule has 1 fully saturated rings. The second-order valence-corrected chi connectivity index (χ2v) is 5.33. The van der Waals surface area contributed by atoms with Crippen LogP contribution in [0.2, 0.25) is 0 Å². The van der Waals surface area contributed by atoms with Crippen molar-refractivity contribution in [1.82, 2.24) is 0 Å². The molecule has 0 amide bonds. The van der Waals surface area contributed by atoms with Gasteiger partial charge in [-0.1, -0.05) is 18.9 Å². The molecule has 1 saturated carbocycles. The van der Waals surface area contributed by atoms with Crippen molar-refractivity contribution >= 4 is 11.6 Å². The van der Waals surface area contributed by atoms with Crippen LogP contribution in [0, 0.1) is 5.82 Å². The molecule has 0 saturated heterocycles. The van der Waals surface area contributed by atoms with Gasteiger partial charge in [0, 0.05) is 5.38 Å². The Morgan fingerprint density at radius 2 is 2.06 bits per heavy atom. The molecular formula is C14H18ClFO. The van der Waals surface area contributed by atoms with Crippen molar-refractivity contribution in [3.05, 3.63) is 29.6 Å². The minimum absolute atomic E-state index is 0.229. The maximum Gasteiger partial charge on any atom is 0.165 e. The largest absolute Gasteiger partial charge is 0.494 e. The quantitative estimate of drug-likeness (QED) is 0.560. The molecule has 1 aliphatic carbocycles. The molecule has 94 valence electrons. The van der Waals surface area contributed by atoms with Gasteiger partial charge in [0.1, 0.15) is 0 Å². The average molecular weight is 257 g/mol. The molecule has 2 unspecified atom stereocenters. The Morgan fingerprint density at radius 1 is 1.29 bits per heavy atom. The summed E-state index contributed by atoms with van der Waals surface area (Å²) in [6.45, 7) is 0. The van der Waals surface area contributed by atoms with Gasteiger partial charge in [-0.2, -0.15) is 0 Å². The molecule has 0 aromatic heterocycles. The number of methoxy groups -OCH3 is 1. The summed E-state index contributed by atoms with van der Waals surface area (Å²) >= 11 is 6.25. The fraction of sp³-hybridized carbons (Fsp3) is 0.571. The molecule has 2 rings (SSSR count). The first-order valence-corrected chi connectivity index (χ1v) is 6.62. The van der Waals surface area contributed by atoms with Gasteiger partial charge in [0.25, 0.3) is 0 Å². The molecule has 0 N–H and O–H groups in total. The SMILES string of the molecule is COc1ccc(C2CCCCC(Cl)C2)cc1F. The van der Waals surface area contributed by atoms with Crippen LogP contribution in [0.5, 0.6) is 5.75 Å². The third-order valence-electron chi connectivity index (χ3n) is 3.51. The number of alkyl halides is 1. The number of ether oxygens (including phenoxy) is 1. The van der Waals surface area contributed by atoms with Gasteiger partial charge < -0.3 is 4.74 Å². The zero-order chi connectivity index (χ0) is 12.3. The Kier molecular flexibility index (Phi) is 4.27. The third kappa shape index (κ3) is 3.12. The van der Waals surface area contributed by atoms with Crippen LogP contribution < -0.4 is 4.74 Å². The fourth-order valence-electron chi connectivity index (χ4n) is 2.54. The van der Waals surface area contributed by atoms with E-state index >= 15 is 0 Å². The lowest BCUT2D eigenvalue weighted by molar-refractivity contribution is 0.385. The number of benzene rings is 1. The average Bonchev–Trinajstić information content (AvgIpc) is 2.54. The molecule has 1 aliphatic rings. The van der Waals surface area contributed by atoms with Crippen molar-refractivity contribution in [2.75, 3.05) is 7.11 Å². The van der Waals surface area contributed by atoms with Gasteiger partial charge in [-0.15, -0.1) is 11.6 Å². The van der Waals surface area contributed by atoms with Crippen LogP contribution in [0.25, 0.3) is 0 Å². The second kappa shape index (κ2) is 5.72. The van der Waals surface area contributed by atoms with Crippen LogP contribution in [0.15, 0.2) is 18.2 Å². The van der Waals surface area contributed by atoms with Gasteiger partial charge in [0.05, 0.1) is 7.11 Å². The van der Waals surface area contributed by atoms with Crippen LogP contribution in [0.4, 0.5) is 4.39 Å². The molecular weight excluding hydrogens is 239 g/mol. The van der Waals surface area contributed by atoms with E-state index in [-0.39, 0.29) is 11.2 Å². The summed E-state index contributed by atoms with van der Waals surface area (Å²) in [5.74, 6) is 0.422. The summed E-state index contributed by atoms with van der Waals surface area (Å²) < 4.78 is 18.6. The lowest BCUT2D eigenvalue weighted by Gasteiger charge is -2.17. The van der Waals surface area contributed by atoms with E-state index in [0.29, 0.717) is 11.7 Å². The molecule has 1 aromatic rings. The molecule has 1 aromatic carbocycles. The van der Waals surface area contributed by atoms with Gasteiger partial charge >= 0.3 is 0 Å². The van der Waals surface area contributed by atoms with Crippen molar-refractivity contribution in [3.8, 4) is 5.75 Å². The lowest BCUT2D eigenvalue weighted by Crippen LogP contribution is -2.04. The molecule has 17 heavy (non-hydrogen) atoms. The standard InChI is InChI=1S/C14H18ClFO/c1-17-14-7-6-11(9-13(14)16)10-4-2-3-5-12(15)8-10/h6-7,9-10,12H,2-5,8H2,1H3. The first-order valence-electron chi connectivity index (χ1n) is 6.18. The van der Waals surface area contributed by atoms with Gasteiger partial charge in [-0.05, 0) is 42.9 Å².